The minimum absolute atomic E-state index is 0.0434. The molecule has 1 saturated heterocycles. The molecule has 15 heavy (non-hydrogen) atoms. The van der Waals surface area contributed by atoms with Gasteiger partial charge in [-0.05, 0) is 32.7 Å². The van der Waals surface area contributed by atoms with Gasteiger partial charge in [-0.25, -0.2) is 0 Å². The van der Waals surface area contributed by atoms with Gasteiger partial charge in [0.2, 0.25) is 0 Å². The van der Waals surface area contributed by atoms with Crippen LogP contribution in [0.5, 0.6) is 0 Å². The van der Waals surface area contributed by atoms with Crippen molar-refractivity contribution in [1.29, 1.82) is 0 Å². The van der Waals surface area contributed by atoms with Crippen LogP contribution in [-0.4, -0.2) is 25.2 Å². The monoisotopic (exact) mass is 211 g/mol. The molecule has 3 heteroatoms. The maximum Gasteiger partial charge on any atom is 0.313 e. The third-order valence-electron chi connectivity index (χ3n) is 3.93. The minimum atomic E-state index is -0.188. The standard InChI is InChI=1S/C12H21NO2/c1-2-15-11(14)12-7-5-3-4-6-10(12)13-9-8-12/h10,13H,2-9H2,1H3. The Kier molecular flexibility index (Phi) is 3.29. The minimum Gasteiger partial charge on any atom is -0.466 e. The van der Waals surface area contributed by atoms with E-state index in [1.807, 2.05) is 6.92 Å². The number of carbonyl (C=O) groups excluding carboxylic acids is 1. The second-order valence-electron chi connectivity index (χ2n) is 4.73. The fraction of sp³-hybridized carbons (Fsp3) is 0.917. The zero-order valence-corrected chi connectivity index (χ0v) is 9.55. The van der Waals surface area contributed by atoms with Crippen LogP contribution in [0.2, 0.25) is 0 Å². The van der Waals surface area contributed by atoms with Gasteiger partial charge in [-0.3, -0.25) is 4.79 Å². The first-order valence-corrected chi connectivity index (χ1v) is 6.20. The number of ether oxygens (including phenoxy) is 1. The van der Waals surface area contributed by atoms with E-state index in [2.05, 4.69) is 5.32 Å². The number of fused-ring (bicyclic) bond motifs is 1. The van der Waals surface area contributed by atoms with E-state index in [0.717, 1.165) is 25.8 Å². The summed E-state index contributed by atoms with van der Waals surface area (Å²) in [6, 6.07) is 0.374. The molecule has 86 valence electrons. The van der Waals surface area contributed by atoms with Crippen molar-refractivity contribution in [2.75, 3.05) is 13.2 Å². The first-order chi connectivity index (χ1) is 7.29. The van der Waals surface area contributed by atoms with Gasteiger partial charge in [0, 0.05) is 6.04 Å². The topological polar surface area (TPSA) is 38.3 Å². The molecule has 1 N–H and O–H groups in total. The van der Waals surface area contributed by atoms with Crippen LogP contribution in [-0.2, 0) is 9.53 Å². The first kappa shape index (κ1) is 10.9. The van der Waals surface area contributed by atoms with Crippen LogP contribution in [0.1, 0.15) is 45.4 Å². The van der Waals surface area contributed by atoms with Crippen molar-refractivity contribution in [3.63, 3.8) is 0 Å². The number of hydrogen-bond donors (Lipinski definition) is 1. The van der Waals surface area contributed by atoms with Gasteiger partial charge in [0.15, 0.2) is 0 Å². The second-order valence-corrected chi connectivity index (χ2v) is 4.73. The summed E-state index contributed by atoms with van der Waals surface area (Å²) in [4.78, 5) is 12.1. The summed E-state index contributed by atoms with van der Waals surface area (Å²) < 4.78 is 5.26. The van der Waals surface area contributed by atoms with Gasteiger partial charge in [-0.15, -0.1) is 0 Å². The third-order valence-corrected chi connectivity index (χ3v) is 3.93. The molecule has 0 aromatic rings. The number of esters is 1. The molecule has 0 aromatic heterocycles. The van der Waals surface area contributed by atoms with E-state index in [1.54, 1.807) is 0 Å². The zero-order chi connectivity index (χ0) is 10.7. The average molecular weight is 211 g/mol. The Labute approximate surface area is 91.6 Å². The fourth-order valence-corrected chi connectivity index (χ4v) is 3.10. The Morgan fingerprint density at radius 2 is 2.27 bits per heavy atom. The van der Waals surface area contributed by atoms with Crippen molar-refractivity contribution in [3.8, 4) is 0 Å². The van der Waals surface area contributed by atoms with Crippen molar-refractivity contribution >= 4 is 5.97 Å². The lowest BCUT2D eigenvalue weighted by molar-refractivity contribution is -0.156. The van der Waals surface area contributed by atoms with Crippen molar-refractivity contribution in [2.24, 2.45) is 5.41 Å². The summed E-state index contributed by atoms with van der Waals surface area (Å²) in [5, 5.41) is 3.48. The number of rotatable bonds is 2. The number of carbonyl (C=O) groups is 1. The summed E-state index contributed by atoms with van der Waals surface area (Å²) in [7, 11) is 0. The van der Waals surface area contributed by atoms with E-state index in [0.29, 0.717) is 12.6 Å². The van der Waals surface area contributed by atoms with Gasteiger partial charge < -0.3 is 10.1 Å². The van der Waals surface area contributed by atoms with E-state index >= 15 is 0 Å². The quantitative estimate of drug-likeness (QED) is 0.709. The SMILES string of the molecule is CCOC(=O)C12CCCCCC1NCC2. The predicted octanol–water partition coefficient (Wildman–Crippen LogP) is 1.86. The van der Waals surface area contributed by atoms with E-state index in [-0.39, 0.29) is 11.4 Å². The normalized spacial score (nSPS) is 35.7. The Morgan fingerprint density at radius 1 is 1.40 bits per heavy atom. The highest BCUT2D eigenvalue weighted by Gasteiger charge is 2.49. The van der Waals surface area contributed by atoms with E-state index in [4.69, 9.17) is 4.74 Å². The highest BCUT2D eigenvalue weighted by atomic mass is 16.5. The van der Waals surface area contributed by atoms with Crippen LogP contribution in [0.4, 0.5) is 0 Å². The predicted molar refractivity (Wildman–Crippen MR) is 58.6 cm³/mol. The number of hydrogen-bond acceptors (Lipinski definition) is 3. The molecule has 0 radical (unpaired) electrons. The molecule has 1 saturated carbocycles. The molecule has 0 amide bonds. The molecule has 0 aromatic carbocycles. The molecule has 0 bridgehead atoms. The molecule has 3 nitrogen and oxygen atoms in total. The molecule has 0 spiro atoms. The molecular weight excluding hydrogens is 190 g/mol. The summed E-state index contributed by atoms with van der Waals surface area (Å²) in [5.74, 6) is 0.0434. The maximum atomic E-state index is 12.1. The third kappa shape index (κ3) is 1.89. The van der Waals surface area contributed by atoms with Gasteiger partial charge in [-0.1, -0.05) is 19.3 Å². The summed E-state index contributed by atoms with van der Waals surface area (Å²) in [6.45, 7) is 3.37. The Bertz CT molecular complexity index is 242. The van der Waals surface area contributed by atoms with Crippen molar-refractivity contribution in [1.82, 2.24) is 5.32 Å². The lowest BCUT2D eigenvalue weighted by Crippen LogP contribution is -2.43. The van der Waals surface area contributed by atoms with Gasteiger partial charge in [0.1, 0.15) is 0 Å². The van der Waals surface area contributed by atoms with Crippen LogP contribution in [0, 0.1) is 5.41 Å². The molecule has 2 fully saturated rings. The fourth-order valence-electron chi connectivity index (χ4n) is 3.10. The van der Waals surface area contributed by atoms with Crippen LogP contribution in [0.25, 0.3) is 0 Å². The van der Waals surface area contributed by atoms with E-state index in [1.165, 1.54) is 19.3 Å². The molecule has 1 aliphatic carbocycles. The van der Waals surface area contributed by atoms with Crippen LogP contribution in [0.15, 0.2) is 0 Å². The Morgan fingerprint density at radius 3 is 3.07 bits per heavy atom. The smallest absolute Gasteiger partial charge is 0.313 e. The summed E-state index contributed by atoms with van der Waals surface area (Å²) in [6.07, 6.45) is 6.81. The Hall–Kier alpha value is -0.570. The van der Waals surface area contributed by atoms with Crippen LogP contribution >= 0.6 is 0 Å². The van der Waals surface area contributed by atoms with E-state index < -0.39 is 0 Å². The molecule has 1 heterocycles. The summed E-state index contributed by atoms with van der Waals surface area (Å²) >= 11 is 0. The maximum absolute atomic E-state index is 12.1. The van der Waals surface area contributed by atoms with Crippen molar-refractivity contribution in [2.45, 2.75) is 51.5 Å². The molecular formula is C12H21NO2. The average Bonchev–Trinajstić information content (AvgIpc) is 2.53. The van der Waals surface area contributed by atoms with Gasteiger partial charge in [0.05, 0.1) is 12.0 Å². The van der Waals surface area contributed by atoms with Crippen LogP contribution in [0.3, 0.4) is 0 Å². The Balaban J connectivity index is 2.15. The molecule has 2 rings (SSSR count). The van der Waals surface area contributed by atoms with Gasteiger partial charge in [-0.2, -0.15) is 0 Å². The van der Waals surface area contributed by atoms with E-state index in [9.17, 15) is 4.79 Å². The van der Waals surface area contributed by atoms with Crippen molar-refractivity contribution < 1.29 is 9.53 Å². The molecule has 2 unspecified atom stereocenters. The van der Waals surface area contributed by atoms with Crippen LogP contribution < -0.4 is 5.32 Å². The number of nitrogens with one attached hydrogen (secondary N) is 1. The highest BCUT2D eigenvalue weighted by Crippen LogP contribution is 2.42. The second kappa shape index (κ2) is 4.52. The first-order valence-electron chi connectivity index (χ1n) is 6.20. The molecule has 1 aliphatic heterocycles. The van der Waals surface area contributed by atoms with Gasteiger partial charge >= 0.3 is 5.97 Å². The largest absolute Gasteiger partial charge is 0.466 e. The molecule has 2 aliphatic rings. The highest BCUT2D eigenvalue weighted by molar-refractivity contribution is 5.78. The summed E-state index contributed by atoms with van der Waals surface area (Å²) in [5.41, 5.74) is -0.188. The zero-order valence-electron chi connectivity index (χ0n) is 9.55. The lowest BCUT2D eigenvalue weighted by Gasteiger charge is -2.30. The van der Waals surface area contributed by atoms with Crippen molar-refractivity contribution in [3.05, 3.63) is 0 Å². The lowest BCUT2D eigenvalue weighted by atomic mass is 9.76. The molecule has 2 atom stereocenters. The van der Waals surface area contributed by atoms with Gasteiger partial charge in [0.25, 0.3) is 0 Å².